The molecule has 2 rings (SSSR count). The van der Waals surface area contributed by atoms with Gasteiger partial charge in [-0.2, -0.15) is 5.10 Å². The highest BCUT2D eigenvalue weighted by atomic mass is 16.5. The maximum absolute atomic E-state index is 11.6. The van der Waals surface area contributed by atoms with Gasteiger partial charge in [-0.05, 0) is 19.3 Å². The molecule has 0 unspecified atom stereocenters. The molecule has 1 aliphatic heterocycles. The number of ether oxygens (including phenoxy) is 1. The van der Waals surface area contributed by atoms with Crippen LogP contribution in [0.5, 0.6) is 0 Å². The van der Waals surface area contributed by atoms with Crippen molar-refractivity contribution in [1.82, 2.24) is 14.8 Å². The lowest BCUT2D eigenvalue weighted by atomic mass is 9.77. The minimum atomic E-state index is -0.753. The Morgan fingerprint density at radius 2 is 2.28 bits per heavy atom. The van der Waals surface area contributed by atoms with Crippen LogP contribution in [0.4, 0.5) is 0 Å². The van der Waals surface area contributed by atoms with Crippen molar-refractivity contribution in [1.29, 1.82) is 0 Å². The van der Waals surface area contributed by atoms with Gasteiger partial charge in [0, 0.05) is 26.2 Å². The van der Waals surface area contributed by atoms with Crippen LogP contribution in [0.15, 0.2) is 6.33 Å². The summed E-state index contributed by atoms with van der Waals surface area (Å²) in [5, 5.41) is 13.6. The highest BCUT2D eigenvalue weighted by molar-refractivity contribution is 5.75. The Morgan fingerprint density at radius 1 is 1.56 bits per heavy atom. The summed E-state index contributed by atoms with van der Waals surface area (Å²) in [6.07, 6.45) is 3.98. The third-order valence-electron chi connectivity index (χ3n) is 3.53. The molecular formula is C12H19N3O3. The Kier molecular flexibility index (Phi) is 3.96. The van der Waals surface area contributed by atoms with Crippen molar-refractivity contribution in [2.75, 3.05) is 13.2 Å². The van der Waals surface area contributed by atoms with Crippen molar-refractivity contribution < 1.29 is 14.6 Å². The van der Waals surface area contributed by atoms with Crippen LogP contribution in [0.3, 0.4) is 0 Å². The molecule has 100 valence electrons. The molecule has 6 heteroatoms. The molecule has 0 radical (unpaired) electrons. The van der Waals surface area contributed by atoms with Gasteiger partial charge in [0.1, 0.15) is 12.2 Å². The summed E-state index contributed by atoms with van der Waals surface area (Å²) in [6, 6.07) is 0. The summed E-state index contributed by atoms with van der Waals surface area (Å²) < 4.78 is 7.07. The summed E-state index contributed by atoms with van der Waals surface area (Å²) in [5.74, 6) is 0.0120. The molecule has 0 aromatic carbocycles. The van der Waals surface area contributed by atoms with Crippen molar-refractivity contribution >= 4 is 5.97 Å². The van der Waals surface area contributed by atoms with Crippen LogP contribution in [0.1, 0.15) is 32.0 Å². The van der Waals surface area contributed by atoms with E-state index in [2.05, 4.69) is 17.0 Å². The molecule has 0 amide bonds. The Hall–Kier alpha value is -1.43. The summed E-state index contributed by atoms with van der Waals surface area (Å²) in [5.41, 5.74) is -0.739. The van der Waals surface area contributed by atoms with E-state index >= 15 is 0 Å². The monoisotopic (exact) mass is 253 g/mol. The second-order valence-electron chi connectivity index (χ2n) is 4.77. The van der Waals surface area contributed by atoms with Crippen molar-refractivity contribution in [2.45, 2.75) is 39.2 Å². The van der Waals surface area contributed by atoms with E-state index in [0.29, 0.717) is 32.5 Å². The van der Waals surface area contributed by atoms with Crippen molar-refractivity contribution in [3.8, 4) is 0 Å². The third-order valence-corrected chi connectivity index (χ3v) is 3.53. The Labute approximate surface area is 106 Å². The van der Waals surface area contributed by atoms with Gasteiger partial charge in [-0.15, -0.1) is 0 Å². The van der Waals surface area contributed by atoms with Gasteiger partial charge < -0.3 is 9.84 Å². The molecule has 1 fully saturated rings. The highest BCUT2D eigenvalue weighted by Crippen LogP contribution is 2.34. The predicted molar refractivity (Wildman–Crippen MR) is 64.1 cm³/mol. The minimum Gasteiger partial charge on any atom is -0.481 e. The van der Waals surface area contributed by atoms with Gasteiger partial charge in [0.25, 0.3) is 0 Å². The normalized spacial score (nSPS) is 18.7. The molecule has 1 aromatic heterocycles. The van der Waals surface area contributed by atoms with Gasteiger partial charge in [-0.1, -0.05) is 6.92 Å². The molecular weight excluding hydrogens is 234 g/mol. The third kappa shape index (κ3) is 2.53. The van der Waals surface area contributed by atoms with E-state index in [0.717, 1.165) is 18.8 Å². The number of aromatic nitrogens is 3. The van der Waals surface area contributed by atoms with E-state index in [1.165, 1.54) is 6.33 Å². The number of hydrogen-bond donors (Lipinski definition) is 1. The summed E-state index contributed by atoms with van der Waals surface area (Å²) in [4.78, 5) is 15.8. The van der Waals surface area contributed by atoms with E-state index in [-0.39, 0.29) is 0 Å². The summed E-state index contributed by atoms with van der Waals surface area (Å²) in [6.45, 7) is 3.86. The minimum absolute atomic E-state index is 0.436. The fraction of sp³-hybridized carbons (Fsp3) is 0.750. The first-order chi connectivity index (χ1) is 8.68. The second-order valence-corrected chi connectivity index (χ2v) is 4.77. The second kappa shape index (κ2) is 5.48. The van der Waals surface area contributed by atoms with E-state index in [1.54, 1.807) is 4.68 Å². The fourth-order valence-corrected chi connectivity index (χ4v) is 2.35. The standard InChI is InChI=1S/C12H19N3O3/c1-2-5-15-10(13-9-14-15)8-12(11(16)17)3-6-18-7-4-12/h9H,2-8H2,1H3,(H,16,17). The van der Waals surface area contributed by atoms with Gasteiger partial charge in [0.05, 0.1) is 5.41 Å². The van der Waals surface area contributed by atoms with E-state index in [4.69, 9.17) is 4.74 Å². The zero-order chi connectivity index (χ0) is 13.0. The quantitative estimate of drug-likeness (QED) is 0.850. The van der Waals surface area contributed by atoms with Gasteiger partial charge in [-0.25, -0.2) is 4.98 Å². The van der Waals surface area contributed by atoms with Crippen molar-refractivity contribution in [3.63, 3.8) is 0 Å². The Bertz CT molecular complexity index is 410. The zero-order valence-corrected chi connectivity index (χ0v) is 10.6. The van der Waals surface area contributed by atoms with E-state index in [9.17, 15) is 9.90 Å². The lowest BCUT2D eigenvalue weighted by molar-refractivity contribution is -0.155. The molecule has 1 saturated heterocycles. The summed E-state index contributed by atoms with van der Waals surface area (Å²) in [7, 11) is 0. The molecule has 1 aromatic rings. The average molecular weight is 253 g/mol. The Balaban J connectivity index is 2.18. The Morgan fingerprint density at radius 3 is 2.89 bits per heavy atom. The van der Waals surface area contributed by atoms with Crippen LogP contribution in [0, 0.1) is 5.41 Å². The number of aryl methyl sites for hydroxylation is 1. The lowest BCUT2D eigenvalue weighted by Gasteiger charge is -2.32. The number of carboxylic acids is 1. The molecule has 0 atom stereocenters. The van der Waals surface area contributed by atoms with Crippen molar-refractivity contribution in [2.24, 2.45) is 5.41 Å². The molecule has 0 aliphatic carbocycles. The maximum Gasteiger partial charge on any atom is 0.310 e. The number of carboxylic acid groups (broad SMARTS) is 1. The van der Waals surface area contributed by atoms with Crippen LogP contribution in [-0.2, 0) is 22.5 Å². The van der Waals surface area contributed by atoms with Crippen LogP contribution in [-0.4, -0.2) is 39.1 Å². The predicted octanol–water partition coefficient (Wildman–Crippen LogP) is 1.11. The molecule has 1 N–H and O–H groups in total. The first-order valence-electron chi connectivity index (χ1n) is 6.36. The molecule has 6 nitrogen and oxygen atoms in total. The summed E-state index contributed by atoms with van der Waals surface area (Å²) >= 11 is 0. The fourth-order valence-electron chi connectivity index (χ4n) is 2.35. The molecule has 0 spiro atoms. The smallest absolute Gasteiger partial charge is 0.310 e. The topological polar surface area (TPSA) is 77.2 Å². The number of aliphatic carboxylic acids is 1. The SMILES string of the molecule is CCCn1ncnc1CC1(C(=O)O)CCOCC1. The van der Waals surface area contributed by atoms with Crippen LogP contribution < -0.4 is 0 Å². The largest absolute Gasteiger partial charge is 0.481 e. The zero-order valence-electron chi connectivity index (χ0n) is 10.6. The van der Waals surface area contributed by atoms with E-state index < -0.39 is 11.4 Å². The maximum atomic E-state index is 11.6. The number of rotatable bonds is 5. The van der Waals surface area contributed by atoms with Gasteiger partial charge in [0.15, 0.2) is 0 Å². The van der Waals surface area contributed by atoms with E-state index in [1.807, 2.05) is 0 Å². The van der Waals surface area contributed by atoms with Crippen LogP contribution in [0.2, 0.25) is 0 Å². The van der Waals surface area contributed by atoms with Crippen molar-refractivity contribution in [3.05, 3.63) is 12.2 Å². The van der Waals surface area contributed by atoms with Gasteiger partial charge in [0.2, 0.25) is 0 Å². The van der Waals surface area contributed by atoms with Crippen LogP contribution >= 0.6 is 0 Å². The molecule has 1 aliphatic rings. The number of nitrogens with zero attached hydrogens (tertiary/aromatic N) is 3. The first kappa shape index (κ1) is 13.0. The molecule has 0 bridgehead atoms. The van der Waals surface area contributed by atoms with Gasteiger partial charge in [-0.3, -0.25) is 9.48 Å². The highest BCUT2D eigenvalue weighted by Gasteiger charge is 2.41. The molecule has 0 saturated carbocycles. The number of hydrogen-bond acceptors (Lipinski definition) is 4. The number of carbonyl (C=O) groups is 1. The average Bonchev–Trinajstić information content (AvgIpc) is 2.78. The lowest BCUT2D eigenvalue weighted by Crippen LogP contribution is -2.39. The van der Waals surface area contributed by atoms with Crippen LogP contribution in [0.25, 0.3) is 0 Å². The molecule has 2 heterocycles. The molecule has 18 heavy (non-hydrogen) atoms. The first-order valence-corrected chi connectivity index (χ1v) is 6.36. The van der Waals surface area contributed by atoms with Gasteiger partial charge >= 0.3 is 5.97 Å².